The number of aromatic nitrogens is 4. The van der Waals surface area contributed by atoms with Crippen LogP contribution < -0.4 is 10.1 Å². The summed E-state index contributed by atoms with van der Waals surface area (Å²) in [5.41, 5.74) is 2.10. The van der Waals surface area contributed by atoms with E-state index in [0.717, 1.165) is 30.7 Å². The van der Waals surface area contributed by atoms with Gasteiger partial charge in [0.05, 0.1) is 6.10 Å². The van der Waals surface area contributed by atoms with Gasteiger partial charge in [0.15, 0.2) is 0 Å². The molecule has 1 fully saturated rings. The van der Waals surface area contributed by atoms with Crippen LogP contribution in [0.25, 0.3) is 0 Å². The number of rotatable bonds is 7. The lowest BCUT2D eigenvalue weighted by Gasteiger charge is -2.14. The van der Waals surface area contributed by atoms with Crippen molar-refractivity contribution in [1.29, 1.82) is 0 Å². The van der Waals surface area contributed by atoms with Crippen LogP contribution in [-0.4, -0.2) is 43.0 Å². The monoisotopic (exact) mass is 421 g/mol. The number of benzene rings is 1. The summed E-state index contributed by atoms with van der Waals surface area (Å²) in [6.45, 7) is 2.12. The van der Waals surface area contributed by atoms with Gasteiger partial charge in [-0.3, -0.25) is 9.78 Å². The zero-order chi connectivity index (χ0) is 21.8. The molecule has 0 radical (unpaired) electrons. The average Bonchev–Trinajstić information content (AvgIpc) is 3.36. The van der Waals surface area contributed by atoms with Crippen LogP contribution in [0.3, 0.4) is 0 Å². The Kier molecular flexibility index (Phi) is 6.27. The van der Waals surface area contributed by atoms with Gasteiger partial charge >= 0.3 is 0 Å². The zero-order valence-electron chi connectivity index (χ0n) is 17.7. The lowest BCUT2D eigenvalue weighted by Crippen LogP contribution is -2.16. The minimum absolute atomic E-state index is 0.0274. The van der Waals surface area contributed by atoms with Gasteiger partial charge in [-0.1, -0.05) is 19.1 Å². The molecule has 0 saturated heterocycles. The number of ether oxygens (including phenoxy) is 1. The molecule has 2 aromatic heterocycles. The second-order valence-electron chi connectivity index (χ2n) is 8.13. The first-order valence-electron chi connectivity index (χ1n) is 10.5. The van der Waals surface area contributed by atoms with Gasteiger partial charge in [-0.15, -0.1) is 10.2 Å². The third kappa shape index (κ3) is 5.27. The van der Waals surface area contributed by atoms with Crippen molar-refractivity contribution in [3.05, 3.63) is 66.0 Å². The van der Waals surface area contributed by atoms with Crippen LogP contribution in [0.4, 0.5) is 5.69 Å². The van der Waals surface area contributed by atoms with Crippen molar-refractivity contribution in [3.63, 3.8) is 0 Å². The second-order valence-corrected chi connectivity index (χ2v) is 8.13. The largest absolute Gasteiger partial charge is 0.490 e. The first-order valence-corrected chi connectivity index (χ1v) is 10.5. The normalized spacial score (nSPS) is 19.2. The summed E-state index contributed by atoms with van der Waals surface area (Å²) in [5, 5.41) is 20.7. The number of hydrogen-bond donors (Lipinski definition) is 2. The third-order valence-electron chi connectivity index (χ3n) is 5.63. The van der Waals surface area contributed by atoms with Crippen molar-refractivity contribution in [2.75, 3.05) is 5.32 Å². The zero-order valence-corrected chi connectivity index (χ0v) is 17.7. The number of amides is 1. The van der Waals surface area contributed by atoms with Crippen molar-refractivity contribution in [2.24, 2.45) is 7.05 Å². The van der Waals surface area contributed by atoms with Crippen molar-refractivity contribution < 1.29 is 14.6 Å². The first-order chi connectivity index (χ1) is 15.0. The van der Waals surface area contributed by atoms with Crippen LogP contribution in [0.5, 0.6) is 5.75 Å². The molecule has 1 aliphatic rings. The molecule has 1 saturated carbocycles. The number of hydrogen-bond acceptors (Lipinski definition) is 6. The Bertz CT molecular complexity index is 1050. The van der Waals surface area contributed by atoms with Crippen LogP contribution in [0, 0.1) is 0 Å². The fourth-order valence-corrected chi connectivity index (χ4v) is 3.83. The average molecular weight is 422 g/mol. The highest BCUT2D eigenvalue weighted by atomic mass is 16.5. The van der Waals surface area contributed by atoms with Crippen LogP contribution in [0.15, 0.2) is 48.9 Å². The molecule has 2 N–H and O–H groups in total. The Morgan fingerprint density at radius 2 is 2.19 bits per heavy atom. The smallest absolute Gasteiger partial charge is 0.274 e. The highest BCUT2D eigenvalue weighted by Gasteiger charge is 2.24. The maximum Gasteiger partial charge on any atom is 0.274 e. The molecule has 8 nitrogen and oxygen atoms in total. The number of aryl methyl sites for hydroxylation is 1. The maximum absolute atomic E-state index is 12.7. The van der Waals surface area contributed by atoms with Gasteiger partial charge in [-0.2, -0.15) is 0 Å². The van der Waals surface area contributed by atoms with E-state index in [4.69, 9.17) is 4.74 Å². The summed E-state index contributed by atoms with van der Waals surface area (Å²) in [6, 6.07) is 11.2. The van der Waals surface area contributed by atoms with Crippen molar-refractivity contribution in [3.8, 4) is 5.75 Å². The number of carbonyl (C=O) groups is 1. The summed E-state index contributed by atoms with van der Waals surface area (Å²) in [5.74, 6) is 1.43. The van der Waals surface area contributed by atoms with E-state index in [1.165, 1.54) is 0 Å². The van der Waals surface area contributed by atoms with E-state index in [0.29, 0.717) is 17.9 Å². The highest BCUT2D eigenvalue weighted by Crippen LogP contribution is 2.25. The molecule has 3 atom stereocenters. The van der Waals surface area contributed by atoms with E-state index in [9.17, 15) is 9.90 Å². The van der Waals surface area contributed by atoms with Gasteiger partial charge in [0, 0.05) is 37.8 Å². The van der Waals surface area contributed by atoms with Crippen LogP contribution in [0.1, 0.15) is 54.0 Å². The number of nitrogens with one attached hydrogen (secondary N) is 1. The predicted molar refractivity (Wildman–Crippen MR) is 116 cm³/mol. The van der Waals surface area contributed by atoms with Gasteiger partial charge in [-0.05, 0) is 42.5 Å². The Morgan fingerprint density at radius 3 is 2.94 bits per heavy atom. The number of aliphatic hydroxyl groups excluding tert-OH is 1. The maximum atomic E-state index is 12.7. The number of aliphatic hydroxyl groups is 1. The number of pyridine rings is 1. The van der Waals surface area contributed by atoms with E-state index in [-0.39, 0.29) is 29.7 Å². The van der Waals surface area contributed by atoms with Crippen molar-refractivity contribution in [1.82, 2.24) is 19.7 Å². The van der Waals surface area contributed by atoms with E-state index in [1.807, 2.05) is 35.9 Å². The van der Waals surface area contributed by atoms with Gasteiger partial charge in [-0.25, -0.2) is 0 Å². The minimum atomic E-state index is -0.307. The third-order valence-corrected chi connectivity index (χ3v) is 5.63. The van der Waals surface area contributed by atoms with Gasteiger partial charge in [0.2, 0.25) is 0 Å². The number of anilines is 1. The number of nitrogens with zero attached hydrogens (tertiary/aromatic N) is 4. The summed E-state index contributed by atoms with van der Waals surface area (Å²) in [6.07, 6.45) is 5.85. The Morgan fingerprint density at radius 1 is 1.32 bits per heavy atom. The Balaban J connectivity index is 1.41. The fourth-order valence-electron chi connectivity index (χ4n) is 3.83. The molecular weight excluding hydrogens is 394 g/mol. The standard InChI is InChI=1S/C23H27N5O3/c1-15(10-22-27-25-14-28(22)2)16-4-3-5-17(11-16)26-23(30)21-13-20(8-9-24-21)31-19-7-6-18(29)12-19/h3-5,8-9,11,13-15,18-19,29H,6-7,10,12H2,1-2H3,(H,26,30)/t15-,18-,19+/m1/s1. The molecule has 0 unspecified atom stereocenters. The minimum Gasteiger partial charge on any atom is -0.490 e. The molecule has 0 spiro atoms. The lowest BCUT2D eigenvalue weighted by atomic mass is 9.97. The lowest BCUT2D eigenvalue weighted by molar-refractivity contribution is 0.102. The fraction of sp³-hybridized carbons (Fsp3) is 0.391. The highest BCUT2D eigenvalue weighted by molar-refractivity contribution is 6.03. The molecule has 1 aliphatic carbocycles. The second kappa shape index (κ2) is 9.26. The van der Waals surface area contributed by atoms with Crippen LogP contribution in [-0.2, 0) is 13.5 Å². The van der Waals surface area contributed by atoms with E-state index >= 15 is 0 Å². The summed E-state index contributed by atoms with van der Waals surface area (Å²) >= 11 is 0. The van der Waals surface area contributed by atoms with Gasteiger partial charge in [0.1, 0.15) is 29.7 Å². The molecule has 2 heterocycles. The molecular formula is C23H27N5O3. The molecule has 162 valence electrons. The molecule has 1 amide bonds. The summed E-state index contributed by atoms with van der Waals surface area (Å²) in [4.78, 5) is 16.9. The topological polar surface area (TPSA) is 102 Å². The molecule has 31 heavy (non-hydrogen) atoms. The molecule has 0 bridgehead atoms. The quantitative estimate of drug-likeness (QED) is 0.608. The van der Waals surface area contributed by atoms with Crippen molar-refractivity contribution >= 4 is 11.6 Å². The Hall–Kier alpha value is -3.26. The van der Waals surface area contributed by atoms with Gasteiger partial charge < -0.3 is 19.7 Å². The summed E-state index contributed by atoms with van der Waals surface area (Å²) in [7, 11) is 1.93. The van der Waals surface area contributed by atoms with E-state index < -0.39 is 0 Å². The Labute approximate surface area is 181 Å². The van der Waals surface area contributed by atoms with E-state index in [1.54, 1.807) is 24.7 Å². The summed E-state index contributed by atoms with van der Waals surface area (Å²) < 4.78 is 7.82. The SMILES string of the molecule is C[C@H](Cc1nncn1C)c1cccc(NC(=O)c2cc(O[C@H]3CC[C@@H](O)C3)ccn2)c1. The molecule has 1 aromatic carbocycles. The predicted octanol–water partition coefficient (Wildman–Crippen LogP) is 3.10. The van der Waals surface area contributed by atoms with Gasteiger partial charge in [0.25, 0.3) is 5.91 Å². The van der Waals surface area contributed by atoms with E-state index in [2.05, 4.69) is 27.4 Å². The molecule has 0 aliphatic heterocycles. The molecule has 3 aromatic rings. The van der Waals surface area contributed by atoms with Crippen molar-refractivity contribution in [2.45, 2.75) is 50.7 Å². The van der Waals surface area contributed by atoms with Crippen LogP contribution >= 0.6 is 0 Å². The molecule has 8 heteroatoms. The van der Waals surface area contributed by atoms with Crippen LogP contribution in [0.2, 0.25) is 0 Å². The number of carbonyl (C=O) groups excluding carboxylic acids is 1. The molecule has 4 rings (SSSR count). The first kappa shape index (κ1) is 21.0.